The Morgan fingerprint density at radius 3 is 2.00 bits per heavy atom. The molecule has 0 spiro atoms. The van der Waals surface area contributed by atoms with E-state index in [0.29, 0.717) is 17.2 Å². The molecule has 0 heterocycles. The Balaban J connectivity index is 1.53. The molecule has 1 N–H and O–H groups in total. The van der Waals surface area contributed by atoms with E-state index in [2.05, 4.69) is 10.1 Å². The van der Waals surface area contributed by atoms with Crippen LogP contribution < -0.4 is 10.1 Å². The Morgan fingerprint density at radius 2 is 1.41 bits per heavy atom. The molecule has 3 rings (SSSR count). The van der Waals surface area contributed by atoms with Crippen molar-refractivity contribution in [3.05, 3.63) is 89.5 Å². The number of ether oxygens (including phenoxy) is 2. The van der Waals surface area contributed by atoms with E-state index in [1.165, 1.54) is 0 Å². The molecule has 0 saturated carbocycles. The van der Waals surface area contributed by atoms with Gasteiger partial charge in [-0.1, -0.05) is 23.8 Å². The molecule has 0 bridgehead atoms. The molecule has 0 unspecified atom stereocenters. The van der Waals surface area contributed by atoms with E-state index in [1.807, 2.05) is 31.2 Å². The fourth-order valence-electron chi connectivity index (χ4n) is 2.44. The maximum absolute atomic E-state index is 13.5. The van der Waals surface area contributed by atoms with E-state index in [4.69, 9.17) is 4.74 Å². The summed E-state index contributed by atoms with van der Waals surface area (Å²) in [6.45, 7) is 1.29. The lowest BCUT2D eigenvalue weighted by Crippen LogP contribution is -2.21. The molecule has 29 heavy (non-hydrogen) atoms. The van der Waals surface area contributed by atoms with Crippen LogP contribution in [0.3, 0.4) is 0 Å². The van der Waals surface area contributed by atoms with Gasteiger partial charge in [-0.2, -0.15) is 0 Å². The fourth-order valence-corrected chi connectivity index (χ4v) is 2.44. The van der Waals surface area contributed by atoms with Gasteiger partial charge in [-0.05, 0) is 55.5 Å². The maximum Gasteiger partial charge on any atom is 0.344 e. The second-order valence-electron chi connectivity index (χ2n) is 6.16. The minimum Gasteiger partial charge on any atom is -0.457 e. The van der Waals surface area contributed by atoms with Crippen LogP contribution in [0.2, 0.25) is 0 Å². The third-order valence-corrected chi connectivity index (χ3v) is 3.90. The Kier molecular flexibility index (Phi) is 6.19. The normalized spacial score (nSPS) is 10.3. The summed E-state index contributed by atoms with van der Waals surface area (Å²) in [6.07, 6.45) is 0. The van der Waals surface area contributed by atoms with E-state index in [-0.39, 0.29) is 0 Å². The number of hydrogen-bond donors (Lipinski definition) is 1. The van der Waals surface area contributed by atoms with Gasteiger partial charge < -0.3 is 14.8 Å². The smallest absolute Gasteiger partial charge is 0.344 e. The molecule has 0 aliphatic carbocycles. The van der Waals surface area contributed by atoms with Gasteiger partial charge in [0.2, 0.25) is 0 Å². The number of rotatable bonds is 6. The number of hydrogen-bond acceptors (Lipinski definition) is 4. The highest BCUT2D eigenvalue weighted by Gasteiger charge is 2.19. The Bertz CT molecular complexity index is 998. The highest BCUT2D eigenvalue weighted by atomic mass is 19.1. The molecule has 0 radical (unpaired) electrons. The van der Waals surface area contributed by atoms with E-state index in [0.717, 1.165) is 23.8 Å². The molecule has 0 aliphatic rings. The molecular weight excluding hydrogens is 380 g/mol. The van der Waals surface area contributed by atoms with Crippen molar-refractivity contribution >= 4 is 17.6 Å². The molecule has 0 fully saturated rings. The summed E-state index contributed by atoms with van der Waals surface area (Å²) >= 11 is 0. The van der Waals surface area contributed by atoms with Crippen molar-refractivity contribution < 1.29 is 27.8 Å². The molecule has 0 saturated heterocycles. The molecule has 5 nitrogen and oxygen atoms in total. The van der Waals surface area contributed by atoms with Gasteiger partial charge in [0.25, 0.3) is 5.91 Å². The highest BCUT2D eigenvalue weighted by Crippen LogP contribution is 2.23. The second-order valence-corrected chi connectivity index (χ2v) is 6.16. The van der Waals surface area contributed by atoms with Crippen LogP contribution in [-0.4, -0.2) is 18.5 Å². The first-order valence-corrected chi connectivity index (χ1v) is 8.68. The lowest BCUT2D eigenvalue weighted by molar-refractivity contribution is -0.119. The van der Waals surface area contributed by atoms with Crippen molar-refractivity contribution in [2.75, 3.05) is 11.9 Å². The van der Waals surface area contributed by atoms with Gasteiger partial charge in [0, 0.05) is 5.69 Å². The summed E-state index contributed by atoms with van der Waals surface area (Å²) in [4.78, 5) is 23.7. The van der Waals surface area contributed by atoms with Gasteiger partial charge in [-0.15, -0.1) is 0 Å². The second kappa shape index (κ2) is 8.97. The van der Waals surface area contributed by atoms with Gasteiger partial charge in [-0.25, -0.2) is 13.6 Å². The summed E-state index contributed by atoms with van der Waals surface area (Å²) in [5.41, 5.74) is 0.728. The number of anilines is 1. The van der Waals surface area contributed by atoms with Gasteiger partial charge >= 0.3 is 5.97 Å². The predicted molar refractivity (Wildman–Crippen MR) is 103 cm³/mol. The third-order valence-electron chi connectivity index (χ3n) is 3.90. The number of esters is 1. The van der Waals surface area contributed by atoms with E-state index in [1.54, 1.807) is 24.3 Å². The van der Waals surface area contributed by atoms with Crippen molar-refractivity contribution in [2.45, 2.75) is 6.92 Å². The quantitative estimate of drug-likeness (QED) is 0.604. The lowest BCUT2D eigenvalue weighted by atomic mass is 10.2. The van der Waals surface area contributed by atoms with Crippen molar-refractivity contribution in [1.29, 1.82) is 0 Å². The first-order valence-electron chi connectivity index (χ1n) is 8.68. The van der Waals surface area contributed by atoms with Crippen molar-refractivity contribution in [2.24, 2.45) is 0 Å². The maximum atomic E-state index is 13.5. The zero-order valence-corrected chi connectivity index (χ0v) is 15.4. The van der Waals surface area contributed by atoms with Crippen LogP contribution in [0.5, 0.6) is 11.5 Å². The number of carbonyl (C=O) groups is 2. The van der Waals surface area contributed by atoms with Gasteiger partial charge in [-0.3, -0.25) is 4.79 Å². The summed E-state index contributed by atoms with van der Waals surface area (Å²) in [7, 11) is 0. The largest absolute Gasteiger partial charge is 0.457 e. The fraction of sp³-hybridized carbons (Fsp3) is 0.0909. The molecule has 1 amide bonds. The van der Waals surface area contributed by atoms with E-state index in [9.17, 15) is 18.4 Å². The van der Waals surface area contributed by atoms with Crippen LogP contribution in [0, 0.1) is 18.6 Å². The van der Waals surface area contributed by atoms with Crippen molar-refractivity contribution in [3.63, 3.8) is 0 Å². The van der Waals surface area contributed by atoms with Crippen LogP contribution >= 0.6 is 0 Å². The van der Waals surface area contributed by atoms with E-state index < -0.39 is 35.7 Å². The Hall–Kier alpha value is -3.74. The molecule has 3 aromatic carbocycles. The van der Waals surface area contributed by atoms with Crippen LogP contribution in [0.4, 0.5) is 14.5 Å². The Morgan fingerprint density at radius 1 is 0.862 bits per heavy atom. The molecule has 7 heteroatoms. The topological polar surface area (TPSA) is 64.6 Å². The summed E-state index contributed by atoms with van der Waals surface area (Å²) in [5.74, 6) is -2.76. The van der Waals surface area contributed by atoms with Crippen LogP contribution in [-0.2, 0) is 9.53 Å². The van der Waals surface area contributed by atoms with Crippen LogP contribution in [0.15, 0.2) is 66.7 Å². The SMILES string of the molecule is Cc1ccc(Oc2ccc(NC(=O)COC(=O)c3c(F)cccc3F)cc2)cc1. The van der Waals surface area contributed by atoms with Gasteiger partial charge in [0.1, 0.15) is 28.7 Å². The number of carbonyl (C=O) groups excluding carboxylic acids is 2. The number of aryl methyl sites for hydroxylation is 1. The van der Waals surface area contributed by atoms with Gasteiger partial charge in [0.05, 0.1) is 0 Å². The zero-order valence-electron chi connectivity index (χ0n) is 15.4. The molecule has 148 valence electrons. The number of amides is 1. The number of benzene rings is 3. The summed E-state index contributed by atoms with van der Waals surface area (Å²) in [5, 5.41) is 2.52. The average Bonchev–Trinajstić information content (AvgIpc) is 2.69. The molecule has 0 aromatic heterocycles. The third kappa shape index (κ3) is 5.38. The zero-order chi connectivity index (χ0) is 20.8. The number of halogens is 2. The predicted octanol–water partition coefficient (Wildman–Crippen LogP) is 4.86. The lowest BCUT2D eigenvalue weighted by Gasteiger charge is -2.09. The first kappa shape index (κ1) is 20.0. The standard InChI is InChI=1S/C22H17F2NO4/c1-14-5-9-16(10-6-14)29-17-11-7-15(8-12-17)25-20(26)13-28-22(27)21-18(23)3-2-4-19(21)24/h2-12H,13H2,1H3,(H,25,26). The van der Waals surface area contributed by atoms with Crippen molar-refractivity contribution in [3.8, 4) is 11.5 Å². The van der Waals surface area contributed by atoms with Crippen LogP contribution in [0.25, 0.3) is 0 Å². The molecular formula is C22H17F2NO4. The van der Waals surface area contributed by atoms with Crippen molar-refractivity contribution in [1.82, 2.24) is 0 Å². The Labute approximate surface area is 165 Å². The van der Waals surface area contributed by atoms with E-state index >= 15 is 0 Å². The minimum atomic E-state index is -1.25. The van der Waals surface area contributed by atoms with Gasteiger partial charge in [0.15, 0.2) is 6.61 Å². The highest BCUT2D eigenvalue weighted by molar-refractivity contribution is 5.95. The number of nitrogens with one attached hydrogen (secondary N) is 1. The molecule has 3 aromatic rings. The molecule has 0 aliphatic heterocycles. The summed E-state index contributed by atoms with van der Waals surface area (Å²) in [6, 6.07) is 17.1. The average molecular weight is 397 g/mol. The summed E-state index contributed by atoms with van der Waals surface area (Å²) < 4.78 is 37.4. The minimum absolute atomic E-state index is 0.444. The monoisotopic (exact) mass is 397 g/mol. The first-order chi connectivity index (χ1) is 13.9. The molecule has 0 atom stereocenters. The van der Waals surface area contributed by atoms with Crippen LogP contribution in [0.1, 0.15) is 15.9 Å².